The van der Waals surface area contributed by atoms with Gasteiger partial charge in [0, 0.05) is 29.7 Å². The molecule has 0 aliphatic carbocycles. The van der Waals surface area contributed by atoms with E-state index < -0.39 is 0 Å². The van der Waals surface area contributed by atoms with Crippen LogP contribution in [-0.4, -0.2) is 47.8 Å². The summed E-state index contributed by atoms with van der Waals surface area (Å²) < 4.78 is 0. The number of rotatable bonds is 13. The van der Waals surface area contributed by atoms with Crippen LogP contribution in [0.25, 0.3) is 0 Å². The van der Waals surface area contributed by atoms with Gasteiger partial charge in [0.25, 0.3) is 0 Å². The number of aliphatic hydroxyl groups is 1. The number of benzene rings is 1. The Morgan fingerprint density at radius 1 is 1.23 bits per heavy atom. The molecule has 1 saturated heterocycles. The third-order valence-electron chi connectivity index (χ3n) is 6.29. The van der Waals surface area contributed by atoms with Crippen LogP contribution >= 0.6 is 11.6 Å². The first-order valence-corrected chi connectivity index (χ1v) is 12.4. The molecule has 0 aromatic heterocycles. The molecule has 2 rings (SSSR count). The average molecular weight is 447 g/mol. The number of allylic oxidation sites excluding steroid dienone is 4. The summed E-state index contributed by atoms with van der Waals surface area (Å²) in [7, 11) is 0. The normalized spacial score (nSPS) is 19.4. The highest BCUT2D eigenvalue weighted by atomic mass is 35.5. The molecule has 4 heteroatoms. The number of aliphatic hydroxyl groups excluding tert-OH is 1. The molecule has 0 radical (unpaired) electrons. The third kappa shape index (κ3) is 9.91. The fourth-order valence-corrected chi connectivity index (χ4v) is 4.70. The van der Waals surface area contributed by atoms with Crippen LogP contribution in [0.3, 0.4) is 0 Å². The maximum Gasteiger partial charge on any atom is 0.0586 e. The van der Waals surface area contributed by atoms with E-state index in [1.54, 1.807) is 0 Å². The van der Waals surface area contributed by atoms with Gasteiger partial charge in [0.15, 0.2) is 0 Å². The Kier molecular flexibility index (Phi) is 11.9. The number of halogens is 1. The van der Waals surface area contributed by atoms with Gasteiger partial charge in [-0.15, -0.1) is 0 Å². The fourth-order valence-electron chi connectivity index (χ4n) is 4.49. The molecule has 1 aliphatic rings. The minimum Gasteiger partial charge on any atom is -0.395 e. The molecule has 174 valence electrons. The monoisotopic (exact) mass is 446 g/mol. The first kappa shape index (κ1) is 26.1. The molecule has 3 nitrogen and oxygen atoms in total. The minimum atomic E-state index is 0.255. The summed E-state index contributed by atoms with van der Waals surface area (Å²) in [5.74, 6) is 0. The molecule has 3 unspecified atom stereocenters. The Balaban J connectivity index is 1.91. The molecular formula is C27H43ClN2O. The second-order valence-electron chi connectivity index (χ2n) is 9.48. The lowest BCUT2D eigenvalue weighted by Gasteiger charge is -2.31. The van der Waals surface area contributed by atoms with Gasteiger partial charge in [-0.3, -0.25) is 4.90 Å². The van der Waals surface area contributed by atoms with E-state index in [2.05, 4.69) is 62.2 Å². The van der Waals surface area contributed by atoms with Gasteiger partial charge in [0.2, 0.25) is 0 Å². The lowest BCUT2D eigenvalue weighted by molar-refractivity contribution is 0.145. The summed E-state index contributed by atoms with van der Waals surface area (Å²) in [4.78, 5) is 2.45. The summed E-state index contributed by atoms with van der Waals surface area (Å²) in [6.07, 6.45) is 12.4. The quantitative estimate of drug-likeness (QED) is 0.356. The molecule has 1 heterocycles. The summed E-state index contributed by atoms with van der Waals surface area (Å²) >= 11 is 6.46. The third-order valence-corrected chi connectivity index (χ3v) is 6.66. The van der Waals surface area contributed by atoms with Crippen molar-refractivity contribution < 1.29 is 5.11 Å². The van der Waals surface area contributed by atoms with Gasteiger partial charge in [-0.05, 0) is 90.8 Å². The zero-order valence-corrected chi connectivity index (χ0v) is 20.8. The van der Waals surface area contributed by atoms with Crippen LogP contribution < -0.4 is 5.32 Å². The van der Waals surface area contributed by atoms with Crippen molar-refractivity contribution in [3.63, 3.8) is 0 Å². The average Bonchev–Trinajstić information content (AvgIpc) is 3.16. The summed E-state index contributed by atoms with van der Waals surface area (Å²) in [5.41, 5.74) is 4.08. The first-order valence-electron chi connectivity index (χ1n) is 12.0. The number of nitrogens with zero attached hydrogens (tertiary/aromatic N) is 1. The highest BCUT2D eigenvalue weighted by molar-refractivity contribution is 6.31. The van der Waals surface area contributed by atoms with Gasteiger partial charge in [-0.2, -0.15) is 0 Å². The van der Waals surface area contributed by atoms with Crippen molar-refractivity contribution >= 4 is 11.6 Å². The zero-order valence-electron chi connectivity index (χ0n) is 20.0. The van der Waals surface area contributed by atoms with Crippen molar-refractivity contribution in [1.82, 2.24) is 10.2 Å². The Hall–Kier alpha value is -1.13. The van der Waals surface area contributed by atoms with Crippen molar-refractivity contribution in [2.75, 3.05) is 19.7 Å². The largest absolute Gasteiger partial charge is 0.395 e. The minimum absolute atomic E-state index is 0.255. The maximum absolute atomic E-state index is 9.73. The van der Waals surface area contributed by atoms with Crippen LogP contribution in [0.4, 0.5) is 0 Å². The van der Waals surface area contributed by atoms with Crippen molar-refractivity contribution in [2.24, 2.45) is 0 Å². The van der Waals surface area contributed by atoms with E-state index in [-0.39, 0.29) is 6.61 Å². The first-order chi connectivity index (χ1) is 14.9. The molecule has 0 spiro atoms. The van der Waals surface area contributed by atoms with Crippen LogP contribution in [0, 0.1) is 0 Å². The Morgan fingerprint density at radius 2 is 2.00 bits per heavy atom. The van der Waals surface area contributed by atoms with Gasteiger partial charge in [-0.1, -0.05) is 53.1 Å². The van der Waals surface area contributed by atoms with E-state index in [1.807, 2.05) is 12.1 Å². The molecule has 0 saturated carbocycles. The lowest BCUT2D eigenvalue weighted by Crippen LogP contribution is -2.48. The van der Waals surface area contributed by atoms with Crippen LogP contribution in [-0.2, 0) is 6.42 Å². The highest BCUT2D eigenvalue weighted by Crippen LogP contribution is 2.21. The van der Waals surface area contributed by atoms with E-state index in [1.165, 1.54) is 23.1 Å². The lowest BCUT2D eigenvalue weighted by atomic mass is 10.0. The fraction of sp³-hybridized carbons (Fsp3) is 0.630. The molecule has 1 aliphatic heterocycles. The van der Waals surface area contributed by atoms with Crippen molar-refractivity contribution in [1.29, 1.82) is 0 Å². The second kappa shape index (κ2) is 14.1. The summed E-state index contributed by atoms with van der Waals surface area (Å²) in [6.45, 7) is 11.2. The summed E-state index contributed by atoms with van der Waals surface area (Å²) in [5, 5.41) is 14.5. The van der Waals surface area contributed by atoms with Gasteiger partial charge in [0.05, 0.1) is 6.61 Å². The SMILES string of the molecule is CC(C)=CCC/C(C)=C/CCC(C)NC(Cc1ccccc1Cl)CN1CCCC1CO. The number of hydrogen-bond acceptors (Lipinski definition) is 3. The Labute approximate surface area is 195 Å². The van der Waals surface area contributed by atoms with E-state index in [4.69, 9.17) is 11.6 Å². The Morgan fingerprint density at radius 3 is 2.71 bits per heavy atom. The van der Waals surface area contributed by atoms with E-state index >= 15 is 0 Å². The molecule has 2 N–H and O–H groups in total. The van der Waals surface area contributed by atoms with E-state index in [0.29, 0.717) is 18.1 Å². The highest BCUT2D eigenvalue weighted by Gasteiger charge is 2.27. The smallest absolute Gasteiger partial charge is 0.0586 e. The van der Waals surface area contributed by atoms with E-state index in [9.17, 15) is 5.11 Å². The van der Waals surface area contributed by atoms with Gasteiger partial charge in [-0.25, -0.2) is 0 Å². The number of nitrogens with one attached hydrogen (secondary N) is 1. The zero-order chi connectivity index (χ0) is 22.6. The molecule has 0 bridgehead atoms. The van der Waals surface area contributed by atoms with Gasteiger partial charge >= 0.3 is 0 Å². The van der Waals surface area contributed by atoms with Crippen molar-refractivity contribution in [3.8, 4) is 0 Å². The molecular weight excluding hydrogens is 404 g/mol. The van der Waals surface area contributed by atoms with Gasteiger partial charge < -0.3 is 10.4 Å². The standard InChI is InChI=1S/C27H43ClN2O/c1-21(2)10-7-11-22(3)12-8-13-23(4)29-25(18-24-14-5-6-16-27(24)28)19-30-17-9-15-26(30)20-31/h5-6,10,12,14,16,23,25-26,29,31H,7-9,11,13,15,17-20H2,1-4H3/b22-12+. The number of hydrogen-bond donors (Lipinski definition) is 2. The predicted molar refractivity (Wildman–Crippen MR) is 135 cm³/mol. The maximum atomic E-state index is 9.73. The topological polar surface area (TPSA) is 35.5 Å². The molecule has 1 aromatic rings. The summed E-state index contributed by atoms with van der Waals surface area (Å²) in [6, 6.07) is 9.23. The van der Waals surface area contributed by atoms with Crippen LogP contribution in [0.5, 0.6) is 0 Å². The second-order valence-corrected chi connectivity index (χ2v) is 9.89. The van der Waals surface area contributed by atoms with Crippen molar-refractivity contribution in [3.05, 3.63) is 58.1 Å². The van der Waals surface area contributed by atoms with Gasteiger partial charge in [0.1, 0.15) is 0 Å². The van der Waals surface area contributed by atoms with Crippen LogP contribution in [0.1, 0.15) is 71.8 Å². The molecule has 1 aromatic carbocycles. The Bertz CT molecular complexity index is 711. The molecule has 0 amide bonds. The van der Waals surface area contributed by atoms with Crippen molar-refractivity contribution in [2.45, 2.75) is 90.8 Å². The molecule has 1 fully saturated rings. The van der Waals surface area contributed by atoms with Crippen LogP contribution in [0.15, 0.2) is 47.6 Å². The predicted octanol–water partition coefficient (Wildman–Crippen LogP) is 6.16. The molecule has 31 heavy (non-hydrogen) atoms. The molecule has 3 atom stereocenters. The number of likely N-dealkylation sites (tertiary alicyclic amines) is 1. The van der Waals surface area contributed by atoms with Crippen LogP contribution in [0.2, 0.25) is 5.02 Å². The van der Waals surface area contributed by atoms with E-state index in [0.717, 1.165) is 56.6 Å².